The van der Waals surface area contributed by atoms with E-state index < -0.39 is 0 Å². The molecule has 0 saturated carbocycles. The molecule has 0 aliphatic rings. The van der Waals surface area contributed by atoms with Crippen molar-refractivity contribution in [2.24, 2.45) is 0 Å². The number of hydrogen-bond donors (Lipinski definition) is 2. The molecule has 1 unspecified atom stereocenters. The van der Waals surface area contributed by atoms with E-state index in [2.05, 4.69) is 20.3 Å². The molecule has 4 rings (SSSR count). The third-order valence-corrected chi connectivity index (χ3v) is 4.24. The van der Waals surface area contributed by atoms with Gasteiger partial charge in [-0.3, -0.25) is 5.32 Å². The van der Waals surface area contributed by atoms with Crippen LogP contribution in [0.15, 0.2) is 79.4 Å². The fourth-order valence-corrected chi connectivity index (χ4v) is 3.00. The highest BCUT2D eigenvalue weighted by atomic mass is 16.3. The number of hydrogen-bond acceptors (Lipinski definition) is 2. The number of aromatic amines is 3. The maximum Gasteiger partial charge on any atom is 0.272 e. The molecule has 0 bridgehead atoms. The van der Waals surface area contributed by atoms with Gasteiger partial charge >= 0.3 is 0 Å². The molecule has 0 amide bonds. The van der Waals surface area contributed by atoms with Crippen LogP contribution in [-0.2, 0) is 0 Å². The lowest BCUT2D eigenvalue weighted by molar-refractivity contribution is -0.378. The summed E-state index contributed by atoms with van der Waals surface area (Å²) in [5.41, 5.74) is 2.58. The average molecular weight is 331 g/mol. The van der Waals surface area contributed by atoms with E-state index in [-0.39, 0.29) is 11.8 Å². The van der Waals surface area contributed by atoms with Gasteiger partial charge in [0.1, 0.15) is 6.04 Å². The predicted molar refractivity (Wildman–Crippen MR) is 93.6 cm³/mol. The molecule has 0 saturated heterocycles. The summed E-state index contributed by atoms with van der Waals surface area (Å²) in [7, 11) is 0. The molecular weight excluding hydrogens is 312 g/mol. The third kappa shape index (κ3) is 2.99. The van der Waals surface area contributed by atoms with E-state index in [1.54, 1.807) is 0 Å². The molecule has 5 nitrogen and oxygen atoms in total. The second kappa shape index (κ2) is 6.57. The van der Waals surface area contributed by atoms with Crippen molar-refractivity contribution in [1.29, 1.82) is 0 Å². The van der Waals surface area contributed by atoms with Crippen LogP contribution in [0.25, 0.3) is 10.9 Å². The van der Waals surface area contributed by atoms with Gasteiger partial charge in [-0.25, -0.2) is 15.0 Å². The van der Waals surface area contributed by atoms with Gasteiger partial charge in [0.05, 0.1) is 11.6 Å². The molecule has 0 spiro atoms. The molecule has 5 heteroatoms. The lowest BCUT2D eigenvalue weighted by Crippen LogP contribution is -2.19. The highest BCUT2D eigenvalue weighted by molar-refractivity contribution is 5.83. The topological polar surface area (TPSA) is 74.7 Å². The molecule has 1 aromatic carbocycles. The Kier molecular flexibility index (Phi) is 3.96. The Balaban J connectivity index is 1.85. The summed E-state index contributed by atoms with van der Waals surface area (Å²) in [6.07, 6.45) is 7.44. The number of aromatic hydroxyl groups is 1. The first-order valence-electron chi connectivity index (χ1n) is 8.14. The zero-order valence-corrected chi connectivity index (χ0v) is 13.5. The third-order valence-electron chi connectivity index (χ3n) is 4.24. The Morgan fingerprint density at radius 2 is 1.64 bits per heavy atom. The van der Waals surface area contributed by atoms with Gasteiger partial charge in [0.2, 0.25) is 0 Å². The Hall–Kier alpha value is -3.47. The number of pyridine rings is 3. The van der Waals surface area contributed by atoms with E-state index in [4.69, 9.17) is 0 Å². The second-order valence-corrected chi connectivity index (χ2v) is 5.82. The van der Waals surface area contributed by atoms with E-state index in [9.17, 15) is 5.11 Å². The van der Waals surface area contributed by atoms with Crippen LogP contribution in [0.2, 0.25) is 0 Å². The number of benzene rings is 1. The summed E-state index contributed by atoms with van der Waals surface area (Å²) < 4.78 is 0. The van der Waals surface area contributed by atoms with Gasteiger partial charge in [-0.1, -0.05) is 6.07 Å². The van der Waals surface area contributed by atoms with Crippen LogP contribution in [0.3, 0.4) is 0 Å². The quantitative estimate of drug-likeness (QED) is 0.601. The maximum atomic E-state index is 10.9. The number of fused-ring (bicyclic) bond motifs is 1. The first-order valence-corrected chi connectivity index (χ1v) is 8.14. The molecular formula is C20H19N4O+3. The minimum atomic E-state index is -0.203. The van der Waals surface area contributed by atoms with Crippen LogP contribution < -0.4 is 20.3 Å². The van der Waals surface area contributed by atoms with Crippen LogP contribution in [0.5, 0.6) is 5.75 Å². The molecule has 5 N–H and O–H groups in total. The van der Waals surface area contributed by atoms with Crippen molar-refractivity contribution >= 4 is 16.7 Å². The molecule has 122 valence electrons. The zero-order chi connectivity index (χ0) is 17.1. The lowest BCUT2D eigenvalue weighted by atomic mass is 9.97. The first kappa shape index (κ1) is 15.1. The van der Waals surface area contributed by atoms with Crippen LogP contribution in [-0.4, -0.2) is 5.11 Å². The van der Waals surface area contributed by atoms with Crippen molar-refractivity contribution in [3.8, 4) is 5.75 Å². The van der Waals surface area contributed by atoms with Gasteiger partial charge < -0.3 is 5.11 Å². The molecule has 4 aromatic rings. The van der Waals surface area contributed by atoms with Crippen molar-refractivity contribution in [2.45, 2.75) is 6.04 Å². The van der Waals surface area contributed by atoms with E-state index in [0.29, 0.717) is 0 Å². The molecule has 3 aromatic heterocycles. The fraction of sp³-hybridized carbons (Fsp3) is 0.0500. The van der Waals surface area contributed by atoms with Crippen molar-refractivity contribution in [3.05, 3.63) is 90.5 Å². The Morgan fingerprint density at radius 3 is 2.44 bits per heavy atom. The minimum Gasteiger partial charge on any atom is -0.502 e. The molecule has 25 heavy (non-hydrogen) atoms. The minimum absolute atomic E-state index is 0.203. The summed E-state index contributed by atoms with van der Waals surface area (Å²) in [4.78, 5) is 9.37. The molecule has 0 aliphatic heterocycles. The lowest BCUT2D eigenvalue weighted by Gasteiger charge is -2.15. The van der Waals surface area contributed by atoms with E-state index in [0.717, 1.165) is 27.8 Å². The van der Waals surface area contributed by atoms with Gasteiger partial charge in [-0.05, 0) is 24.3 Å². The van der Waals surface area contributed by atoms with Gasteiger partial charge in [0.15, 0.2) is 24.3 Å². The molecule has 0 radical (unpaired) electrons. The van der Waals surface area contributed by atoms with Crippen LogP contribution in [0.4, 0.5) is 5.82 Å². The summed E-state index contributed by atoms with van der Waals surface area (Å²) in [5, 5.41) is 15.3. The van der Waals surface area contributed by atoms with E-state index >= 15 is 0 Å². The van der Waals surface area contributed by atoms with Crippen molar-refractivity contribution in [2.75, 3.05) is 5.32 Å². The van der Waals surface area contributed by atoms with Crippen LogP contribution >= 0.6 is 0 Å². The van der Waals surface area contributed by atoms with Gasteiger partial charge in [0, 0.05) is 35.4 Å². The predicted octanol–water partition coefficient (Wildman–Crippen LogP) is 2.19. The average Bonchev–Trinajstić information content (AvgIpc) is 2.69. The number of anilines is 1. The maximum absolute atomic E-state index is 10.9. The van der Waals surface area contributed by atoms with Gasteiger partial charge in [0.25, 0.3) is 11.3 Å². The van der Waals surface area contributed by atoms with E-state index in [1.807, 2.05) is 79.4 Å². The van der Waals surface area contributed by atoms with E-state index in [1.165, 1.54) is 0 Å². The molecule has 1 atom stereocenters. The summed E-state index contributed by atoms with van der Waals surface area (Å²) in [5.74, 6) is 1.12. The summed E-state index contributed by atoms with van der Waals surface area (Å²) >= 11 is 0. The monoisotopic (exact) mass is 331 g/mol. The number of nitrogens with one attached hydrogen (secondary N) is 4. The Labute approximate surface area is 145 Å². The van der Waals surface area contributed by atoms with Crippen molar-refractivity contribution in [1.82, 2.24) is 0 Å². The largest absolute Gasteiger partial charge is 0.502 e. The number of H-pyrrole nitrogens is 3. The highest BCUT2D eigenvalue weighted by Gasteiger charge is 2.25. The standard InChI is InChI=1S/C20H16N4O/c25-20-16(7-6-14-4-3-11-23-19(14)20)18(15-8-12-21-13-9-15)24-17-5-1-2-10-22-17/h1-13,18,25H,(H,22,24)/p+3. The molecule has 0 fully saturated rings. The smallest absolute Gasteiger partial charge is 0.272 e. The molecule has 3 heterocycles. The fourth-order valence-electron chi connectivity index (χ4n) is 3.00. The molecule has 0 aliphatic carbocycles. The van der Waals surface area contributed by atoms with Crippen molar-refractivity contribution in [3.63, 3.8) is 0 Å². The number of rotatable bonds is 4. The van der Waals surface area contributed by atoms with Gasteiger partial charge in [-0.2, -0.15) is 0 Å². The highest BCUT2D eigenvalue weighted by Crippen LogP contribution is 2.34. The second-order valence-electron chi connectivity index (χ2n) is 5.82. The van der Waals surface area contributed by atoms with Crippen LogP contribution in [0, 0.1) is 0 Å². The number of phenolic OH excluding ortho intramolecular Hbond substituents is 1. The van der Waals surface area contributed by atoms with Gasteiger partial charge in [-0.15, -0.1) is 0 Å². The Morgan fingerprint density at radius 1 is 0.800 bits per heavy atom. The zero-order valence-electron chi connectivity index (χ0n) is 13.5. The number of aromatic nitrogens is 3. The summed E-state index contributed by atoms with van der Waals surface area (Å²) in [6.45, 7) is 0. The van der Waals surface area contributed by atoms with Crippen molar-refractivity contribution < 1.29 is 20.1 Å². The first-order chi connectivity index (χ1) is 12.3. The van der Waals surface area contributed by atoms with Crippen LogP contribution in [0.1, 0.15) is 17.2 Å². The summed E-state index contributed by atoms with van der Waals surface area (Å²) in [6, 6.07) is 17.5. The normalized spacial score (nSPS) is 12.0. The Bertz CT molecular complexity index is 990. The SMILES string of the molecule is Oc1c(C(Nc2cccc[nH+]2)c2cc[nH+]cc2)ccc2ccc[nH+]c12. The number of phenols is 1.